The second-order valence-corrected chi connectivity index (χ2v) is 8.50. The van der Waals surface area contributed by atoms with Gasteiger partial charge in [-0.05, 0) is 46.7 Å². The van der Waals surface area contributed by atoms with Gasteiger partial charge < -0.3 is 15.0 Å². The van der Waals surface area contributed by atoms with Crippen LogP contribution in [-0.4, -0.2) is 50.5 Å². The van der Waals surface area contributed by atoms with Crippen LogP contribution in [-0.2, 0) is 11.2 Å². The summed E-state index contributed by atoms with van der Waals surface area (Å²) >= 11 is 1.21. The van der Waals surface area contributed by atoms with Gasteiger partial charge in [-0.1, -0.05) is 35.4 Å². The maximum atomic E-state index is 12.5. The van der Waals surface area contributed by atoms with Crippen LogP contribution in [0.4, 0.5) is 10.9 Å². The Morgan fingerprint density at radius 3 is 2.82 bits per heavy atom. The fourth-order valence-corrected chi connectivity index (χ4v) is 4.34. The Kier molecular flexibility index (Phi) is 6.16. The molecule has 0 radical (unpaired) electrons. The standard InChI is InChI=1S/C23H21N7O2S/c31-21(14-18-13-17(8-11-24-18)16-5-2-1-3-6-16)26-22-28-29-23(33-22)32-19-9-12-30(15-19)20-7-4-10-25-27-20/h1-8,10-11,13,19H,9,12,14-15H2,(H,26,28,31)/t19-/m1/s1. The van der Waals surface area contributed by atoms with Crippen molar-refractivity contribution in [3.63, 3.8) is 0 Å². The number of anilines is 2. The first kappa shape index (κ1) is 21.0. The Balaban J connectivity index is 1.15. The highest BCUT2D eigenvalue weighted by Gasteiger charge is 2.26. The molecule has 0 spiro atoms. The third-order valence-electron chi connectivity index (χ3n) is 5.21. The first-order chi connectivity index (χ1) is 16.2. The number of ether oxygens (including phenoxy) is 1. The van der Waals surface area contributed by atoms with E-state index in [1.807, 2.05) is 54.6 Å². The molecule has 33 heavy (non-hydrogen) atoms. The number of pyridine rings is 1. The SMILES string of the molecule is O=C(Cc1cc(-c2ccccc2)ccn1)Nc1nnc(O[C@@H]2CCN(c3cccnn3)C2)s1. The quantitative estimate of drug-likeness (QED) is 0.449. The van der Waals surface area contributed by atoms with Gasteiger partial charge in [-0.2, -0.15) is 5.10 Å². The van der Waals surface area contributed by atoms with Crippen LogP contribution in [0.5, 0.6) is 5.19 Å². The van der Waals surface area contributed by atoms with E-state index in [0.717, 1.165) is 29.9 Å². The van der Waals surface area contributed by atoms with Crippen molar-refractivity contribution in [3.8, 4) is 16.3 Å². The fraction of sp³-hybridized carbons (Fsp3) is 0.217. The molecule has 1 aliphatic heterocycles. The lowest BCUT2D eigenvalue weighted by atomic mass is 10.1. The number of rotatable bonds is 7. The molecule has 0 saturated carbocycles. The van der Waals surface area contributed by atoms with Gasteiger partial charge in [0.25, 0.3) is 5.19 Å². The van der Waals surface area contributed by atoms with E-state index < -0.39 is 0 Å². The van der Waals surface area contributed by atoms with E-state index in [1.54, 1.807) is 12.4 Å². The molecule has 1 aliphatic rings. The molecule has 1 N–H and O–H groups in total. The molecule has 5 rings (SSSR count). The molecule has 0 bridgehead atoms. The predicted molar refractivity (Wildman–Crippen MR) is 125 cm³/mol. The van der Waals surface area contributed by atoms with Crippen molar-refractivity contribution in [2.45, 2.75) is 18.9 Å². The molecule has 0 unspecified atom stereocenters. The van der Waals surface area contributed by atoms with E-state index in [1.165, 1.54) is 11.3 Å². The smallest absolute Gasteiger partial charge is 0.296 e. The van der Waals surface area contributed by atoms with E-state index in [-0.39, 0.29) is 18.4 Å². The molecule has 10 heteroatoms. The third-order valence-corrected chi connectivity index (χ3v) is 5.94. The number of benzene rings is 1. The Morgan fingerprint density at radius 1 is 1.06 bits per heavy atom. The zero-order chi connectivity index (χ0) is 22.5. The van der Waals surface area contributed by atoms with Crippen molar-refractivity contribution in [1.82, 2.24) is 25.4 Å². The molecule has 1 atom stereocenters. The van der Waals surface area contributed by atoms with Crippen molar-refractivity contribution in [2.24, 2.45) is 0 Å². The third kappa shape index (κ3) is 5.29. The fourth-order valence-electron chi connectivity index (χ4n) is 3.66. The lowest BCUT2D eigenvalue weighted by Crippen LogP contribution is -2.25. The van der Waals surface area contributed by atoms with Crippen molar-refractivity contribution in [1.29, 1.82) is 0 Å². The summed E-state index contributed by atoms with van der Waals surface area (Å²) in [5.74, 6) is 0.629. The first-order valence-electron chi connectivity index (χ1n) is 10.6. The number of amides is 1. The molecule has 9 nitrogen and oxygen atoms in total. The van der Waals surface area contributed by atoms with Crippen molar-refractivity contribution >= 4 is 28.2 Å². The Labute approximate surface area is 194 Å². The molecule has 4 heterocycles. The number of nitrogens with zero attached hydrogens (tertiary/aromatic N) is 6. The van der Waals surface area contributed by atoms with Crippen LogP contribution in [0.2, 0.25) is 0 Å². The highest BCUT2D eigenvalue weighted by Crippen LogP contribution is 2.27. The van der Waals surface area contributed by atoms with Gasteiger partial charge in [-0.25, -0.2) is 0 Å². The molecular formula is C23H21N7O2S. The number of hydrogen-bond donors (Lipinski definition) is 1. The molecule has 1 fully saturated rings. The summed E-state index contributed by atoms with van der Waals surface area (Å²) in [6.07, 6.45) is 4.34. The second kappa shape index (κ2) is 9.70. The van der Waals surface area contributed by atoms with Crippen LogP contribution in [0.3, 0.4) is 0 Å². The topological polar surface area (TPSA) is 106 Å². The van der Waals surface area contributed by atoms with E-state index in [9.17, 15) is 4.79 Å². The molecule has 1 amide bonds. The van der Waals surface area contributed by atoms with Crippen molar-refractivity contribution < 1.29 is 9.53 Å². The van der Waals surface area contributed by atoms with Gasteiger partial charge in [0.2, 0.25) is 11.0 Å². The summed E-state index contributed by atoms with van der Waals surface area (Å²) < 4.78 is 5.96. The Bertz CT molecular complexity index is 1220. The summed E-state index contributed by atoms with van der Waals surface area (Å²) in [7, 11) is 0. The highest BCUT2D eigenvalue weighted by atomic mass is 32.1. The minimum Gasteiger partial charge on any atom is -0.464 e. The van der Waals surface area contributed by atoms with E-state index in [2.05, 4.69) is 35.6 Å². The van der Waals surface area contributed by atoms with E-state index in [0.29, 0.717) is 22.6 Å². The van der Waals surface area contributed by atoms with Crippen LogP contribution in [0, 0.1) is 0 Å². The summed E-state index contributed by atoms with van der Waals surface area (Å²) in [5.41, 5.74) is 2.79. The zero-order valence-corrected chi connectivity index (χ0v) is 18.5. The van der Waals surface area contributed by atoms with Gasteiger partial charge in [0, 0.05) is 25.4 Å². The predicted octanol–water partition coefficient (Wildman–Crippen LogP) is 3.23. The summed E-state index contributed by atoms with van der Waals surface area (Å²) in [5, 5.41) is 19.8. The number of nitrogens with one attached hydrogen (secondary N) is 1. The molecule has 1 saturated heterocycles. The van der Waals surface area contributed by atoms with Gasteiger partial charge >= 0.3 is 0 Å². The van der Waals surface area contributed by atoms with Crippen molar-refractivity contribution in [2.75, 3.05) is 23.3 Å². The van der Waals surface area contributed by atoms with Gasteiger partial charge in [0.15, 0.2) is 5.82 Å². The first-order valence-corrected chi connectivity index (χ1v) is 11.4. The molecule has 0 aliphatic carbocycles. The highest BCUT2D eigenvalue weighted by molar-refractivity contribution is 7.17. The van der Waals surface area contributed by atoms with Gasteiger partial charge in [0.05, 0.1) is 18.7 Å². The monoisotopic (exact) mass is 459 g/mol. The Morgan fingerprint density at radius 2 is 1.97 bits per heavy atom. The summed E-state index contributed by atoms with van der Waals surface area (Å²) in [6.45, 7) is 1.53. The largest absolute Gasteiger partial charge is 0.464 e. The van der Waals surface area contributed by atoms with Crippen molar-refractivity contribution in [3.05, 3.63) is 72.7 Å². The number of hydrogen-bond acceptors (Lipinski definition) is 9. The number of aromatic nitrogens is 5. The summed E-state index contributed by atoms with van der Waals surface area (Å²) in [4.78, 5) is 19.0. The second-order valence-electron chi connectivity index (χ2n) is 7.56. The molecular weight excluding hydrogens is 438 g/mol. The maximum absolute atomic E-state index is 12.5. The number of carbonyl (C=O) groups excluding carboxylic acids is 1. The maximum Gasteiger partial charge on any atom is 0.296 e. The van der Waals surface area contributed by atoms with Gasteiger partial charge in [-0.3, -0.25) is 9.78 Å². The van der Waals surface area contributed by atoms with Crippen LogP contribution >= 0.6 is 11.3 Å². The lowest BCUT2D eigenvalue weighted by molar-refractivity contribution is -0.115. The lowest BCUT2D eigenvalue weighted by Gasteiger charge is -2.16. The van der Waals surface area contributed by atoms with Crippen LogP contribution < -0.4 is 15.0 Å². The van der Waals surface area contributed by atoms with E-state index in [4.69, 9.17) is 4.74 Å². The van der Waals surface area contributed by atoms with Gasteiger partial charge in [-0.15, -0.1) is 10.2 Å². The van der Waals surface area contributed by atoms with Crippen LogP contribution in [0.1, 0.15) is 12.1 Å². The van der Waals surface area contributed by atoms with Gasteiger partial charge in [0.1, 0.15) is 6.10 Å². The minimum absolute atomic E-state index is 0.0200. The summed E-state index contributed by atoms with van der Waals surface area (Å²) in [6, 6.07) is 17.6. The molecule has 3 aromatic heterocycles. The average Bonchev–Trinajstić information content (AvgIpc) is 3.50. The molecule has 4 aromatic rings. The van der Waals surface area contributed by atoms with Crippen LogP contribution in [0.25, 0.3) is 11.1 Å². The zero-order valence-electron chi connectivity index (χ0n) is 17.7. The van der Waals surface area contributed by atoms with Crippen LogP contribution in [0.15, 0.2) is 67.0 Å². The van der Waals surface area contributed by atoms with E-state index >= 15 is 0 Å². The normalized spacial score (nSPS) is 15.4. The molecule has 1 aromatic carbocycles. The Hall–Kier alpha value is -3.92. The number of carbonyl (C=O) groups is 1. The molecule has 166 valence electrons. The minimum atomic E-state index is -0.204. The average molecular weight is 460 g/mol.